The van der Waals surface area contributed by atoms with Gasteiger partial charge in [-0.05, 0) is 23.8 Å². The molecule has 1 heterocycles. The first-order chi connectivity index (χ1) is 9.65. The number of rotatable bonds is 4. The van der Waals surface area contributed by atoms with Crippen LogP contribution in [-0.4, -0.2) is 11.7 Å². The van der Waals surface area contributed by atoms with E-state index in [9.17, 15) is 4.79 Å². The summed E-state index contributed by atoms with van der Waals surface area (Å²) in [4.78, 5) is 10.8. The van der Waals surface area contributed by atoms with E-state index in [-0.39, 0.29) is 5.91 Å². The van der Waals surface area contributed by atoms with E-state index in [1.54, 1.807) is 0 Å². The number of carbonyl (C=O) groups excluding carboxylic acids is 1. The molecule has 0 aliphatic heterocycles. The first-order valence-corrected chi connectivity index (χ1v) is 7.64. The van der Waals surface area contributed by atoms with Gasteiger partial charge in [0.1, 0.15) is 5.58 Å². The Hall–Kier alpha value is -1.65. The van der Waals surface area contributed by atoms with E-state index in [0.29, 0.717) is 22.1 Å². The Balaban J connectivity index is 2.03. The molecule has 2 N–H and O–H groups in total. The lowest BCUT2D eigenvalue weighted by Crippen LogP contribution is -2.13. The summed E-state index contributed by atoms with van der Waals surface area (Å²) in [7, 11) is 0. The highest BCUT2D eigenvalue weighted by atomic mass is 35.5. The number of amides is 1. The lowest BCUT2D eigenvalue weighted by atomic mass is 10.1. The molecule has 0 saturated carbocycles. The van der Waals surface area contributed by atoms with Gasteiger partial charge in [-0.25, -0.2) is 0 Å². The third kappa shape index (κ3) is 2.49. The zero-order valence-corrected chi connectivity index (χ0v) is 12.1. The topological polar surface area (TPSA) is 56.2 Å². The first kappa shape index (κ1) is 13.3. The van der Waals surface area contributed by atoms with E-state index in [1.807, 2.05) is 30.3 Å². The minimum atomic E-state index is -0.309. The molecular formula is C15H12ClNO2S. The van der Waals surface area contributed by atoms with Crippen LogP contribution in [0.2, 0.25) is 5.02 Å². The van der Waals surface area contributed by atoms with Gasteiger partial charge in [-0.3, -0.25) is 4.79 Å². The Kier molecular flexibility index (Phi) is 3.59. The molecule has 3 rings (SSSR count). The zero-order valence-electron chi connectivity index (χ0n) is 10.6. The van der Waals surface area contributed by atoms with Crippen LogP contribution in [0, 0.1) is 0 Å². The number of thioether (sulfide) groups is 1. The summed E-state index contributed by atoms with van der Waals surface area (Å²) in [5.74, 6) is 0.691. The second-order valence-electron chi connectivity index (χ2n) is 4.51. The molecule has 2 aromatic carbocycles. The van der Waals surface area contributed by atoms with Crippen LogP contribution in [0.25, 0.3) is 21.9 Å². The van der Waals surface area contributed by atoms with Crippen molar-refractivity contribution in [1.82, 2.24) is 0 Å². The lowest BCUT2D eigenvalue weighted by Gasteiger charge is -2.02. The standard InChI is InChI=1S/C15H12ClNO2S/c16-12-6-9(7-20-8-14(17)18)5-11-10-3-1-2-4-13(10)19-15(11)12/h1-6H,7-8H2,(H2,17,18). The summed E-state index contributed by atoms with van der Waals surface area (Å²) in [5, 5.41) is 2.64. The van der Waals surface area contributed by atoms with Gasteiger partial charge in [-0.2, -0.15) is 0 Å². The van der Waals surface area contributed by atoms with Crippen molar-refractivity contribution >= 4 is 51.2 Å². The normalized spacial score (nSPS) is 11.2. The van der Waals surface area contributed by atoms with Crippen molar-refractivity contribution in [3.8, 4) is 0 Å². The Labute approximate surface area is 125 Å². The highest BCUT2D eigenvalue weighted by molar-refractivity contribution is 7.99. The lowest BCUT2D eigenvalue weighted by molar-refractivity contribution is -0.115. The van der Waals surface area contributed by atoms with Gasteiger partial charge in [0.05, 0.1) is 10.8 Å². The number of benzene rings is 2. The van der Waals surface area contributed by atoms with Gasteiger partial charge in [0.15, 0.2) is 5.58 Å². The molecule has 0 atom stereocenters. The van der Waals surface area contributed by atoms with Crippen LogP contribution in [0.5, 0.6) is 0 Å². The van der Waals surface area contributed by atoms with E-state index < -0.39 is 0 Å². The monoisotopic (exact) mass is 305 g/mol. The number of nitrogens with two attached hydrogens (primary N) is 1. The molecular weight excluding hydrogens is 294 g/mol. The zero-order chi connectivity index (χ0) is 14.1. The number of fused-ring (bicyclic) bond motifs is 3. The summed E-state index contributed by atoms with van der Waals surface area (Å²) in [6.07, 6.45) is 0. The molecule has 0 unspecified atom stereocenters. The summed E-state index contributed by atoms with van der Waals surface area (Å²) in [5.41, 5.74) is 7.72. The second-order valence-corrected chi connectivity index (χ2v) is 5.90. The van der Waals surface area contributed by atoms with E-state index in [4.69, 9.17) is 21.8 Å². The largest absolute Gasteiger partial charge is 0.454 e. The molecule has 102 valence electrons. The Morgan fingerprint density at radius 3 is 2.85 bits per heavy atom. The number of hydrogen-bond acceptors (Lipinski definition) is 3. The average Bonchev–Trinajstić information content (AvgIpc) is 2.78. The summed E-state index contributed by atoms with van der Waals surface area (Å²) in [6, 6.07) is 11.8. The highest BCUT2D eigenvalue weighted by Gasteiger charge is 2.11. The van der Waals surface area contributed by atoms with Crippen LogP contribution < -0.4 is 5.73 Å². The van der Waals surface area contributed by atoms with Crippen LogP contribution in [0.15, 0.2) is 40.8 Å². The molecule has 0 aliphatic carbocycles. The summed E-state index contributed by atoms with van der Waals surface area (Å²) < 4.78 is 5.77. The molecule has 0 spiro atoms. The van der Waals surface area contributed by atoms with Crippen LogP contribution in [0.3, 0.4) is 0 Å². The average molecular weight is 306 g/mol. The maximum Gasteiger partial charge on any atom is 0.227 e. The fourth-order valence-corrected chi connectivity index (χ4v) is 3.18. The van der Waals surface area contributed by atoms with E-state index in [1.165, 1.54) is 11.8 Å². The number of primary amides is 1. The van der Waals surface area contributed by atoms with E-state index in [0.717, 1.165) is 21.9 Å². The van der Waals surface area contributed by atoms with Crippen LogP contribution in [0.1, 0.15) is 5.56 Å². The first-order valence-electron chi connectivity index (χ1n) is 6.11. The molecule has 3 nitrogen and oxygen atoms in total. The smallest absolute Gasteiger partial charge is 0.227 e. The molecule has 1 amide bonds. The van der Waals surface area contributed by atoms with Gasteiger partial charge in [0.2, 0.25) is 5.91 Å². The molecule has 5 heteroatoms. The summed E-state index contributed by atoms with van der Waals surface area (Å²) in [6.45, 7) is 0. The predicted octanol–water partition coefficient (Wildman–Crippen LogP) is 3.96. The Bertz CT molecular complexity index is 797. The van der Waals surface area contributed by atoms with Gasteiger partial charge in [-0.1, -0.05) is 29.8 Å². The number of carbonyl (C=O) groups is 1. The number of furan rings is 1. The molecule has 0 saturated heterocycles. The van der Waals surface area contributed by atoms with Gasteiger partial charge in [0, 0.05) is 16.5 Å². The molecule has 20 heavy (non-hydrogen) atoms. The minimum Gasteiger partial charge on any atom is -0.454 e. The fourth-order valence-electron chi connectivity index (χ4n) is 2.19. The third-order valence-corrected chi connectivity index (χ3v) is 4.31. The molecule has 0 bridgehead atoms. The molecule has 0 fully saturated rings. The molecule has 0 aliphatic rings. The van der Waals surface area contributed by atoms with Crippen molar-refractivity contribution in [1.29, 1.82) is 0 Å². The maximum absolute atomic E-state index is 10.8. The second kappa shape index (κ2) is 5.38. The Morgan fingerprint density at radius 2 is 2.05 bits per heavy atom. The van der Waals surface area contributed by atoms with Crippen molar-refractivity contribution in [3.63, 3.8) is 0 Å². The van der Waals surface area contributed by atoms with Gasteiger partial charge < -0.3 is 10.2 Å². The summed E-state index contributed by atoms with van der Waals surface area (Å²) >= 11 is 7.76. The SMILES string of the molecule is NC(=O)CSCc1cc(Cl)c2oc3ccccc3c2c1. The van der Waals surface area contributed by atoms with Gasteiger partial charge in [0.25, 0.3) is 0 Å². The van der Waals surface area contributed by atoms with Crippen molar-refractivity contribution in [2.45, 2.75) is 5.75 Å². The van der Waals surface area contributed by atoms with Crippen molar-refractivity contribution in [3.05, 3.63) is 47.0 Å². The number of hydrogen-bond donors (Lipinski definition) is 1. The van der Waals surface area contributed by atoms with E-state index in [2.05, 4.69) is 6.07 Å². The Morgan fingerprint density at radius 1 is 1.25 bits per heavy atom. The van der Waals surface area contributed by atoms with Crippen molar-refractivity contribution < 1.29 is 9.21 Å². The van der Waals surface area contributed by atoms with Crippen LogP contribution in [0.4, 0.5) is 0 Å². The predicted molar refractivity (Wildman–Crippen MR) is 84.1 cm³/mol. The number of para-hydroxylation sites is 1. The van der Waals surface area contributed by atoms with Crippen LogP contribution >= 0.6 is 23.4 Å². The van der Waals surface area contributed by atoms with Crippen molar-refractivity contribution in [2.24, 2.45) is 5.73 Å². The minimum absolute atomic E-state index is 0.307. The maximum atomic E-state index is 10.8. The van der Waals surface area contributed by atoms with Gasteiger partial charge >= 0.3 is 0 Å². The molecule has 1 aromatic heterocycles. The number of halogens is 1. The van der Waals surface area contributed by atoms with Crippen LogP contribution in [-0.2, 0) is 10.5 Å². The van der Waals surface area contributed by atoms with Crippen molar-refractivity contribution in [2.75, 3.05) is 5.75 Å². The quantitative estimate of drug-likeness (QED) is 0.794. The molecule has 3 aromatic rings. The highest BCUT2D eigenvalue weighted by Crippen LogP contribution is 2.34. The third-order valence-electron chi connectivity index (χ3n) is 3.01. The molecule has 0 radical (unpaired) electrons. The fraction of sp³-hybridized carbons (Fsp3) is 0.133. The van der Waals surface area contributed by atoms with E-state index >= 15 is 0 Å². The van der Waals surface area contributed by atoms with Gasteiger partial charge in [-0.15, -0.1) is 11.8 Å².